The van der Waals surface area contributed by atoms with E-state index in [9.17, 15) is 0 Å². The topological polar surface area (TPSA) is 49.4 Å². The van der Waals surface area contributed by atoms with Crippen LogP contribution in [-0.2, 0) is 6.54 Å². The highest BCUT2D eigenvalue weighted by molar-refractivity contribution is 5.89. The van der Waals surface area contributed by atoms with Gasteiger partial charge in [-0.2, -0.15) is 0 Å². The second kappa shape index (κ2) is 5.31. The summed E-state index contributed by atoms with van der Waals surface area (Å²) in [5, 5.41) is 1.12. The van der Waals surface area contributed by atoms with Crippen LogP contribution in [0.4, 0.5) is 0 Å². The molecule has 0 saturated carbocycles. The monoisotopic (exact) mass is 248 g/mol. The molecule has 4 heteroatoms. The number of rotatable bonds is 5. The van der Waals surface area contributed by atoms with Gasteiger partial charge in [0.1, 0.15) is 11.5 Å². The smallest absolute Gasteiger partial charge is 0.131 e. The number of ether oxygens (including phenoxy) is 2. The lowest BCUT2D eigenvalue weighted by molar-refractivity contribution is 0.397. The summed E-state index contributed by atoms with van der Waals surface area (Å²) in [5.74, 6) is 1.66. The third kappa shape index (κ3) is 2.16. The quantitative estimate of drug-likeness (QED) is 0.883. The summed E-state index contributed by atoms with van der Waals surface area (Å²) < 4.78 is 13.0. The Balaban J connectivity index is 2.60. The van der Waals surface area contributed by atoms with Crippen molar-refractivity contribution in [2.75, 3.05) is 20.8 Å². The number of aromatic nitrogens is 1. The summed E-state index contributed by atoms with van der Waals surface area (Å²) in [6.45, 7) is 3.71. The van der Waals surface area contributed by atoms with Crippen molar-refractivity contribution in [1.29, 1.82) is 0 Å². The molecule has 2 rings (SSSR count). The Labute approximate surface area is 107 Å². The van der Waals surface area contributed by atoms with E-state index in [1.54, 1.807) is 14.2 Å². The van der Waals surface area contributed by atoms with Crippen LogP contribution in [0, 0.1) is 6.92 Å². The van der Waals surface area contributed by atoms with Crippen LogP contribution < -0.4 is 15.2 Å². The van der Waals surface area contributed by atoms with Gasteiger partial charge in [0, 0.05) is 29.8 Å². The van der Waals surface area contributed by atoms with Crippen molar-refractivity contribution in [2.45, 2.75) is 19.9 Å². The van der Waals surface area contributed by atoms with Gasteiger partial charge < -0.3 is 19.8 Å². The van der Waals surface area contributed by atoms with Crippen LogP contribution in [0.3, 0.4) is 0 Å². The Bertz CT molecular complexity index is 546. The molecule has 0 spiro atoms. The van der Waals surface area contributed by atoms with Gasteiger partial charge in [-0.3, -0.25) is 0 Å². The molecule has 0 fully saturated rings. The van der Waals surface area contributed by atoms with Crippen molar-refractivity contribution in [3.8, 4) is 11.5 Å². The van der Waals surface area contributed by atoms with E-state index in [-0.39, 0.29) is 0 Å². The van der Waals surface area contributed by atoms with Gasteiger partial charge in [-0.15, -0.1) is 0 Å². The normalized spacial score (nSPS) is 10.9. The summed E-state index contributed by atoms with van der Waals surface area (Å²) in [6.07, 6.45) is 0.962. The summed E-state index contributed by atoms with van der Waals surface area (Å²) in [5.41, 5.74) is 7.94. The molecule has 0 aliphatic rings. The van der Waals surface area contributed by atoms with Crippen LogP contribution in [-0.4, -0.2) is 25.3 Å². The number of benzene rings is 1. The van der Waals surface area contributed by atoms with E-state index in [1.807, 2.05) is 12.1 Å². The van der Waals surface area contributed by atoms with E-state index in [4.69, 9.17) is 15.2 Å². The van der Waals surface area contributed by atoms with Crippen LogP contribution >= 0.6 is 0 Å². The van der Waals surface area contributed by atoms with Gasteiger partial charge in [-0.05, 0) is 26.0 Å². The first kappa shape index (κ1) is 12.8. The molecule has 2 N–H and O–H groups in total. The van der Waals surface area contributed by atoms with Crippen molar-refractivity contribution >= 4 is 10.9 Å². The standard InChI is InChI=1S/C14H20N2O2/c1-10-7-12-13(16(10)6-4-5-15)8-11(17-2)9-14(12)18-3/h7-9H,4-6,15H2,1-3H3. The largest absolute Gasteiger partial charge is 0.497 e. The molecular weight excluding hydrogens is 228 g/mol. The number of aryl methyl sites for hydroxylation is 2. The molecule has 18 heavy (non-hydrogen) atoms. The molecular formula is C14H20N2O2. The average molecular weight is 248 g/mol. The first-order valence-corrected chi connectivity index (χ1v) is 6.13. The second-order valence-corrected chi connectivity index (χ2v) is 4.34. The molecule has 1 heterocycles. The summed E-state index contributed by atoms with van der Waals surface area (Å²) in [6, 6.07) is 6.10. The van der Waals surface area contributed by atoms with Gasteiger partial charge in [0.25, 0.3) is 0 Å². The van der Waals surface area contributed by atoms with Crippen LogP contribution in [0.2, 0.25) is 0 Å². The van der Waals surface area contributed by atoms with E-state index in [2.05, 4.69) is 17.6 Å². The first-order valence-electron chi connectivity index (χ1n) is 6.13. The van der Waals surface area contributed by atoms with Crippen molar-refractivity contribution in [1.82, 2.24) is 4.57 Å². The third-order valence-electron chi connectivity index (χ3n) is 3.20. The fraction of sp³-hybridized carbons (Fsp3) is 0.429. The SMILES string of the molecule is COc1cc(OC)c2cc(C)n(CCCN)c2c1. The molecule has 0 unspecified atom stereocenters. The Morgan fingerprint density at radius 2 is 1.94 bits per heavy atom. The molecule has 2 aromatic rings. The Kier molecular flexibility index (Phi) is 3.77. The van der Waals surface area contributed by atoms with Gasteiger partial charge in [-0.1, -0.05) is 0 Å². The molecule has 0 amide bonds. The minimum atomic E-state index is 0.695. The van der Waals surface area contributed by atoms with Crippen LogP contribution in [0.1, 0.15) is 12.1 Å². The lowest BCUT2D eigenvalue weighted by Gasteiger charge is -2.10. The van der Waals surface area contributed by atoms with E-state index in [0.29, 0.717) is 6.54 Å². The van der Waals surface area contributed by atoms with Gasteiger partial charge in [0.15, 0.2) is 0 Å². The molecule has 0 saturated heterocycles. The van der Waals surface area contributed by atoms with Gasteiger partial charge in [0.05, 0.1) is 19.7 Å². The summed E-state index contributed by atoms with van der Waals surface area (Å²) in [4.78, 5) is 0. The average Bonchev–Trinajstić information content (AvgIpc) is 2.71. The van der Waals surface area contributed by atoms with Crippen LogP contribution in [0.15, 0.2) is 18.2 Å². The molecule has 98 valence electrons. The molecule has 4 nitrogen and oxygen atoms in total. The molecule has 1 aromatic carbocycles. The first-order chi connectivity index (χ1) is 8.71. The molecule has 0 aliphatic heterocycles. The third-order valence-corrected chi connectivity index (χ3v) is 3.20. The number of nitrogens with two attached hydrogens (primary N) is 1. The molecule has 1 aromatic heterocycles. The van der Waals surface area contributed by atoms with E-state index >= 15 is 0 Å². The number of hydrogen-bond donors (Lipinski definition) is 1. The van der Waals surface area contributed by atoms with E-state index in [0.717, 1.165) is 35.4 Å². The summed E-state index contributed by atoms with van der Waals surface area (Å²) >= 11 is 0. The van der Waals surface area contributed by atoms with Gasteiger partial charge in [0.2, 0.25) is 0 Å². The van der Waals surface area contributed by atoms with Crippen LogP contribution in [0.5, 0.6) is 11.5 Å². The maximum atomic E-state index is 5.59. The lowest BCUT2D eigenvalue weighted by atomic mass is 10.2. The molecule has 0 radical (unpaired) electrons. The zero-order chi connectivity index (χ0) is 13.1. The van der Waals surface area contributed by atoms with Gasteiger partial charge in [-0.25, -0.2) is 0 Å². The minimum absolute atomic E-state index is 0.695. The zero-order valence-electron chi connectivity index (χ0n) is 11.2. The molecule has 0 bridgehead atoms. The predicted molar refractivity (Wildman–Crippen MR) is 73.5 cm³/mol. The number of hydrogen-bond acceptors (Lipinski definition) is 3. The molecule has 0 aliphatic carbocycles. The molecule has 0 atom stereocenters. The Morgan fingerprint density at radius 1 is 1.17 bits per heavy atom. The van der Waals surface area contributed by atoms with Crippen molar-refractivity contribution in [3.05, 3.63) is 23.9 Å². The van der Waals surface area contributed by atoms with E-state index in [1.165, 1.54) is 5.69 Å². The Morgan fingerprint density at radius 3 is 2.56 bits per heavy atom. The minimum Gasteiger partial charge on any atom is -0.497 e. The highest BCUT2D eigenvalue weighted by Gasteiger charge is 2.11. The fourth-order valence-electron chi connectivity index (χ4n) is 2.27. The highest BCUT2D eigenvalue weighted by Crippen LogP contribution is 2.33. The van der Waals surface area contributed by atoms with Gasteiger partial charge >= 0.3 is 0 Å². The van der Waals surface area contributed by atoms with Crippen molar-refractivity contribution < 1.29 is 9.47 Å². The predicted octanol–water partition coefficient (Wildman–Crippen LogP) is 2.32. The number of fused-ring (bicyclic) bond motifs is 1. The number of methoxy groups -OCH3 is 2. The zero-order valence-corrected chi connectivity index (χ0v) is 11.2. The maximum Gasteiger partial charge on any atom is 0.131 e. The van der Waals surface area contributed by atoms with Crippen molar-refractivity contribution in [2.24, 2.45) is 5.73 Å². The highest BCUT2D eigenvalue weighted by atomic mass is 16.5. The van der Waals surface area contributed by atoms with E-state index < -0.39 is 0 Å². The second-order valence-electron chi connectivity index (χ2n) is 4.34. The van der Waals surface area contributed by atoms with Crippen molar-refractivity contribution in [3.63, 3.8) is 0 Å². The fourth-order valence-corrected chi connectivity index (χ4v) is 2.27. The lowest BCUT2D eigenvalue weighted by Crippen LogP contribution is -2.06. The van der Waals surface area contributed by atoms with Crippen LogP contribution in [0.25, 0.3) is 10.9 Å². The maximum absolute atomic E-state index is 5.59. The Hall–Kier alpha value is -1.68. The number of nitrogens with zero attached hydrogens (tertiary/aromatic N) is 1. The summed E-state index contributed by atoms with van der Waals surface area (Å²) in [7, 11) is 3.35.